The second kappa shape index (κ2) is 5.35. The third-order valence-electron chi connectivity index (χ3n) is 3.05. The third-order valence-corrected chi connectivity index (χ3v) is 3.05. The first kappa shape index (κ1) is 13.4. The maximum atomic E-state index is 11.2. The number of primary amides is 1. The van der Waals surface area contributed by atoms with Gasteiger partial charge in [-0.3, -0.25) is 4.79 Å². The third kappa shape index (κ3) is 2.98. The summed E-state index contributed by atoms with van der Waals surface area (Å²) in [6.45, 7) is 7.62. The molecule has 14 heavy (non-hydrogen) atoms. The number of amides is 1. The van der Waals surface area contributed by atoms with Crippen LogP contribution in [0.3, 0.4) is 0 Å². The molecule has 0 aliphatic heterocycles. The molecule has 0 fully saturated rings. The van der Waals surface area contributed by atoms with Crippen molar-refractivity contribution in [2.45, 2.75) is 53.1 Å². The molecular formula is C11H23NO2. The van der Waals surface area contributed by atoms with Crippen LogP contribution in [0.5, 0.6) is 0 Å². The summed E-state index contributed by atoms with van der Waals surface area (Å²) in [5.41, 5.74) is 4.71. The van der Waals surface area contributed by atoms with Gasteiger partial charge in [-0.2, -0.15) is 0 Å². The zero-order chi connectivity index (χ0) is 11.4. The van der Waals surface area contributed by atoms with Gasteiger partial charge in [0.15, 0.2) is 0 Å². The Morgan fingerprint density at radius 1 is 1.43 bits per heavy atom. The number of rotatable bonds is 6. The molecule has 3 heteroatoms. The first-order valence-corrected chi connectivity index (χ1v) is 5.35. The minimum atomic E-state index is -0.622. The summed E-state index contributed by atoms with van der Waals surface area (Å²) in [6.07, 6.45) is 2.01. The molecule has 0 heterocycles. The van der Waals surface area contributed by atoms with Crippen LogP contribution in [0.1, 0.15) is 47.0 Å². The molecular weight excluding hydrogens is 178 g/mol. The second-order valence-corrected chi connectivity index (χ2v) is 4.46. The van der Waals surface area contributed by atoms with Gasteiger partial charge < -0.3 is 10.8 Å². The summed E-state index contributed by atoms with van der Waals surface area (Å²) in [6, 6.07) is 0. The molecule has 0 aliphatic rings. The van der Waals surface area contributed by atoms with Crippen molar-refractivity contribution in [2.24, 2.45) is 17.1 Å². The lowest BCUT2D eigenvalue weighted by molar-refractivity contribution is -0.132. The summed E-state index contributed by atoms with van der Waals surface area (Å²) >= 11 is 0. The Balaban J connectivity index is 4.61. The number of aliphatic hydroxyl groups is 1. The van der Waals surface area contributed by atoms with Gasteiger partial charge in [0.1, 0.15) is 0 Å². The molecule has 0 aliphatic carbocycles. The lowest BCUT2D eigenvalue weighted by Gasteiger charge is -2.34. The van der Waals surface area contributed by atoms with E-state index in [2.05, 4.69) is 0 Å². The SMILES string of the molecule is CCCC(O)C(CC)C(C)(C)C(N)=O. The van der Waals surface area contributed by atoms with Gasteiger partial charge >= 0.3 is 0 Å². The number of carbonyl (C=O) groups excluding carboxylic acids is 1. The van der Waals surface area contributed by atoms with E-state index in [4.69, 9.17) is 5.73 Å². The van der Waals surface area contributed by atoms with E-state index in [-0.39, 0.29) is 11.8 Å². The number of hydrogen-bond donors (Lipinski definition) is 2. The Labute approximate surface area is 86.7 Å². The van der Waals surface area contributed by atoms with Crippen LogP contribution in [0.2, 0.25) is 0 Å². The molecule has 2 unspecified atom stereocenters. The smallest absolute Gasteiger partial charge is 0.223 e. The normalized spacial score (nSPS) is 16.4. The lowest BCUT2D eigenvalue weighted by atomic mass is 9.73. The average Bonchev–Trinajstić information content (AvgIpc) is 2.04. The molecule has 1 amide bonds. The monoisotopic (exact) mass is 201 g/mol. The van der Waals surface area contributed by atoms with E-state index in [9.17, 15) is 9.90 Å². The fraction of sp³-hybridized carbons (Fsp3) is 0.909. The lowest BCUT2D eigenvalue weighted by Crippen LogP contribution is -2.43. The quantitative estimate of drug-likeness (QED) is 0.687. The molecule has 0 radical (unpaired) electrons. The van der Waals surface area contributed by atoms with Crippen molar-refractivity contribution in [2.75, 3.05) is 0 Å². The van der Waals surface area contributed by atoms with Crippen LogP contribution in [-0.4, -0.2) is 17.1 Å². The Morgan fingerprint density at radius 3 is 2.21 bits per heavy atom. The summed E-state index contributed by atoms with van der Waals surface area (Å²) in [5, 5.41) is 9.89. The number of nitrogens with two attached hydrogens (primary N) is 1. The van der Waals surface area contributed by atoms with E-state index in [0.717, 1.165) is 19.3 Å². The first-order valence-electron chi connectivity index (χ1n) is 5.35. The van der Waals surface area contributed by atoms with Crippen LogP contribution in [0, 0.1) is 11.3 Å². The topological polar surface area (TPSA) is 63.3 Å². The molecule has 0 aromatic rings. The number of carbonyl (C=O) groups is 1. The van der Waals surface area contributed by atoms with Crippen LogP contribution in [0.15, 0.2) is 0 Å². The predicted molar refractivity (Wildman–Crippen MR) is 57.7 cm³/mol. The van der Waals surface area contributed by atoms with Gasteiger partial charge in [0.25, 0.3) is 0 Å². The highest BCUT2D eigenvalue weighted by atomic mass is 16.3. The van der Waals surface area contributed by atoms with Crippen LogP contribution in [-0.2, 0) is 4.79 Å². The fourth-order valence-electron chi connectivity index (χ4n) is 1.94. The summed E-state index contributed by atoms with van der Waals surface area (Å²) in [5.74, 6) is -0.376. The van der Waals surface area contributed by atoms with Crippen LogP contribution in [0.25, 0.3) is 0 Å². The van der Waals surface area contributed by atoms with E-state index >= 15 is 0 Å². The molecule has 3 N–H and O–H groups in total. The predicted octanol–water partition coefficient (Wildman–Crippen LogP) is 1.69. The van der Waals surface area contributed by atoms with E-state index in [0.29, 0.717) is 0 Å². The van der Waals surface area contributed by atoms with E-state index in [1.165, 1.54) is 0 Å². The molecule has 0 aromatic heterocycles. The molecule has 0 bridgehead atoms. The maximum Gasteiger partial charge on any atom is 0.223 e. The van der Waals surface area contributed by atoms with Gasteiger partial charge in [-0.1, -0.05) is 34.1 Å². The van der Waals surface area contributed by atoms with E-state index < -0.39 is 11.5 Å². The van der Waals surface area contributed by atoms with Crippen LogP contribution in [0.4, 0.5) is 0 Å². The average molecular weight is 201 g/mol. The van der Waals surface area contributed by atoms with Crippen molar-refractivity contribution in [3.05, 3.63) is 0 Å². The van der Waals surface area contributed by atoms with Crippen molar-refractivity contribution in [1.29, 1.82) is 0 Å². The Morgan fingerprint density at radius 2 is 1.93 bits per heavy atom. The van der Waals surface area contributed by atoms with Gasteiger partial charge in [-0.25, -0.2) is 0 Å². The van der Waals surface area contributed by atoms with Crippen molar-refractivity contribution >= 4 is 5.91 Å². The van der Waals surface area contributed by atoms with Crippen LogP contribution >= 0.6 is 0 Å². The highest BCUT2D eigenvalue weighted by molar-refractivity contribution is 5.80. The number of aliphatic hydroxyl groups excluding tert-OH is 1. The van der Waals surface area contributed by atoms with Gasteiger partial charge in [0.2, 0.25) is 5.91 Å². The van der Waals surface area contributed by atoms with Crippen LogP contribution < -0.4 is 5.73 Å². The van der Waals surface area contributed by atoms with Crippen molar-refractivity contribution in [3.63, 3.8) is 0 Å². The fourth-order valence-corrected chi connectivity index (χ4v) is 1.94. The highest BCUT2D eigenvalue weighted by Gasteiger charge is 2.37. The van der Waals surface area contributed by atoms with Gasteiger partial charge in [0.05, 0.1) is 6.10 Å². The van der Waals surface area contributed by atoms with Gasteiger partial charge in [-0.05, 0) is 18.8 Å². The van der Waals surface area contributed by atoms with Gasteiger partial charge in [-0.15, -0.1) is 0 Å². The minimum absolute atomic E-state index is 0.0417. The Hall–Kier alpha value is -0.570. The first-order chi connectivity index (χ1) is 6.37. The zero-order valence-electron chi connectivity index (χ0n) is 9.71. The summed E-state index contributed by atoms with van der Waals surface area (Å²) in [7, 11) is 0. The highest BCUT2D eigenvalue weighted by Crippen LogP contribution is 2.33. The van der Waals surface area contributed by atoms with E-state index in [1.54, 1.807) is 0 Å². The standard InChI is InChI=1S/C11H23NO2/c1-5-7-9(13)8(6-2)11(3,4)10(12)14/h8-9,13H,5-7H2,1-4H3,(H2,12,14). The summed E-state index contributed by atoms with van der Waals surface area (Å²) < 4.78 is 0. The molecule has 0 saturated heterocycles. The van der Waals surface area contributed by atoms with E-state index in [1.807, 2.05) is 27.7 Å². The van der Waals surface area contributed by atoms with Crippen molar-refractivity contribution in [3.8, 4) is 0 Å². The summed E-state index contributed by atoms with van der Waals surface area (Å²) in [4.78, 5) is 11.2. The van der Waals surface area contributed by atoms with Gasteiger partial charge in [0, 0.05) is 5.41 Å². The molecule has 0 spiro atoms. The molecule has 0 rings (SSSR count). The minimum Gasteiger partial charge on any atom is -0.393 e. The number of hydrogen-bond acceptors (Lipinski definition) is 2. The Bertz CT molecular complexity index is 190. The van der Waals surface area contributed by atoms with Crippen molar-refractivity contribution in [1.82, 2.24) is 0 Å². The zero-order valence-corrected chi connectivity index (χ0v) is 9.71. The molecule has 3 nitrogen and oxygen atoms in total. The maximum absolute atomic E-state index is 11.2. The molecule has 0 aromatic carbocycles. The molecule has 0 saturated carbocycles. The van der Waals surface area contributed by atoms with Crippen molar-refractivity contribution < 1.29 is 9.90 Å². The largest absolute Gasteiger partial charge is 0.393 e. The molecule has 2 atom stereocenters. The Kier molecular flexibility index (Phi) is 5.13. The second-order valence-electron chi connectivity index (χ2n) is 4.46. The molecule has 84 valence electrons.